The van der Waals surface area contributed by atoms with Crippen LogP contribution in [0.3, 0.4) is 0 Å². The van der Waals surface area contributed by atoms with Crippen molar-refractivity contribution in [1.82, 2.24) is 4.98 Å². The summed E-state index contributed by atoms with van der Waals surface area (Å²) in [5.74, 6) is -1.70. The number of amides is 1. The monoisotopic (exact) mass is 476 g/mol. The second-order valence-corrected chi connectivity index (χ2v) is 9.36. The number of nitrogens with one attached hydrogen (secondary N) is 1. The van der Waals surface area contributed by atoms with Gasteiger partial charge in [0, 0.05) is 5.38 Å². The summed E-state index contributed by atoms with van der Waals surface area (Å²) in [6, 6.07) is 18.3. The summed E-state index contributed by atoms with van der Waals surface area (Å²) >= 11 is 1.13. The summed E-state index contributed by atoms with van der Waals surface area (Å²) in [4.78, 5) is 41.3. The van der Waals surface area contributed by atoms with Gasteiger partial charge in [0.05, 0.1) is 12.5 Å². The molecule has 1 aromatic heterocycles. The van der Waals surface area contributed by atoms with Crippen molar-refractivity contribution in [2.45, 2.75) is 44.9 Å². The quantitative estimate of drug-likeness (QED) is 0.238. The molecule has 1 heterocycles. The van der Waals surface area contributed by atoms with Gasteiger partial charge in [-0.3, -0.25) is 9.59 Å². The summed E-state index contributed by atoms with van der Waals surface area (Å²) < 4.78 is 4.75. The number of carbonyl (C=O) groups is 3. The molecule has 7 heteroatoms. The Kier molecular flexibility index (Phi) is 7.85. The molecule has 1 fully saturated rings. The number of anilines is 1. The molecule has 1 atom stereocenters. The van der Waals surface area contributed by atoms with Crippen molar-refractivity contribution in [3.63, 3.8) is 0 Å². The summed E-state index contributed by atoms with van der Waals surface area (Å²) in [6.45, 7) is 1.75. The van der Waals surface area contributed by atoms with Gasteiger partial charge in [-0.05, 0) is 36.0 Å². The first-order valence-corrected chi connectivity index (χ1v) is 12.6. The fourth-order valence-electron chi connectivity index (χ4n) is 4.44. The number of aromatic nitrogens is 1. The van der Waals surface area contributed by atoms with Gasteiger partial charge in [0.2, 0.25) is 5.91 Å². The van der Waals surface area contributed by atoms with Gasteiger partial charge in [0.15, 0.2) is 5.13 Å². The molecule has 6 nitrogen and oxygen atoms in total. The molecule has 34 heavy (non-hydrogen) atoms. The van der Waals surface area contributed by atoms with Gasteiger partial charge < -0.3 is 10.1 Å². The van der Waals surface area contributed by atoms with Crippen LogP contribution in [0.15, 0.2) is 60.0 Å². The number of benzene rings is 2. The Morgan fingerprint density at radius 3 is 2.38 bits per heavy atom. The van der Waals surface area contributed by atoms with Crippen molar-refractivity contribution in [1.29, 1.82) is 0 Å². The smallest absolute Gasteiger partial charge is 0.381 e. The van der Waals surface area contributed by atoms with Gasteiger partial charge in [-0.15, -0.1) is 11.3 Å². The lowest BCUT2D eigenvalue weighted by atomic mass is 9.86. The number of carbonyl (C=O) groups excluding carboxylic acids is 3. The lowest BCUT2D eigenvalue weighted by molar-refractivity contribution is -0.137. The van der Waals surface area contributed by atoms with Crippen LogP contribution in [0, 0.1) is 5.92 Å². The van der Waals surface area contributed by atoms with Crippen LogP contribution in [0.1, 0.15) is 61.0 Å². The fourth-order valence-corrected chi connectivity index (χ4v) is 5.14. The molecule has 1 saturated carbocycles. The van der Waals surface area contributed by atoms with Gasteiger partial charge in [0.25, 0.3) is 5.78 Å². The summed E-state index contributed by atoms with van der Waals surface area (Å²) in [5.41, 5.74) is 3.18. The Morgan fingerprint density at radius 2 is 1.71 bits per heavy atom. The molecule has 0 bridgehead atoms. The first kappa shape index (κ1) is 23.8. The molecule has 0 aliphatic heterocycles. The minimum atomic E-state index is -0.941. The molecule has 3 aromatic rings. The standard InChI is InChI=1S/C27H28N2O4S/c1-2-33-26(32)24(30)23-17-34-27(28-23)29-25(31)22(16-18-8-6-7-9-18)21-14-12-20(13-15-21)19-10-4-3-5-11-19/h3-5,10-15,17-18,22H,2,6-9,16H2,1H3,(H,28,29,31). The molecule has 1 amide bonds. The molecule has 4 rings (SSSR count). The second kappa shape index (κ2) is 11.2. The largest absolute Gasteiger partial charge is 0.460 e. The van der Waals surface area contributed by atoms with Gasteiger partial charge in [0.1, 0.15) is 5.69 Å². The lowest BCUT2D eigenvalue weighted by Gasteiger charge is -2.20. The average Bonchev–Trinajstić information content (AvgIpc) is 3.55. The van der Waals surface area contributed by atoms with Crippen LogP contribution < -0.4 is 5.32 Å². The van der Waals surface area contributed by atoms with E-state index in [1.54, 1.807) is 6.92 Å². The minimum Gasteiger partial charge on any atom is -0.460 e. The van der Waals surface area contributed by atoms with E-state index in [2.05, 4.69) is 34.6 Å². The van der Waals surface area contributed by atoms with E-state index in [1.165, 1.54) is 18.2 Å². The van der Waals surface area contributed by atoms with Crippen LogP contribution in [-0.2, 0) is 14.3 Å². The molecule has 0 radical (unpaired) electrons. The van der Waals surface area contributed by atoms with E-state index in [1.807, 2.05) is 30.3 Å². The number of nitrogens with zero attached hydrogens (tertiary/aromatic N) is 1. The van der Waals surface area contributed by atoms with Gasteiger partial charge in [-0.2, -0.15) is 0 Å². The zero-order chi connectivity index (χ0) is 23.9. The predicted octanol–water partition coefficient (Wildman–Crippen LogP) is 5.86. The van der Waals surface area contributed by atoms with Crippen molar-refractivity contribution in [3.8, 4) is 11.1 Å². The fraction of sp³-hybridized carbons (Fsp3) is 0.333. The molecule has 0 saturated heterocycles. The summed E-state index contributed by atoms with van der Waals surface area (Å²) in [6.07, 6.45) is 5.47. The van der Waals surface area contributed by atoms with E-state index >= 15 is 0 Å². The third-order valence-electron chi connectivity index (χ3n) is 6.21. The van der Waals surface area contributed by atoms with Gasteiger partial charge >= 0.3 is 5.97 Å². The number of ketones is 1. The van der Waals surface area contributed by atoms with E-state index in [0.717, 1.165) is 47.3 Å². The van der Waals surface area contributed by atoms with Crippen molar-refractivity contribution in [3.05, 3.63) is 71.2 Å². The van der Waals surface area contributed by atoms with E-state index in [9.17, 15) is 14.4 Å². The van der Waals surface area contributed by atoms with E-state index in [0.29, 0.717) is 11.0 Å². The van der Waals surface area contributed by atoms with Crippen LogP contribution in [0.4, 0.5) is 5.13 Å². The molecule has 1 unspecified atom stereocenters. The second-order valence-electron chi connectivity index (χ2n) is 8.50. The average molecular weight is 477 g/mol. The van der Waals surface area contributed by atoms with Crippen LogP contribution in [-0.4, -0.2) is 29.3 Å². The van der Waals surface area contributed by atoms with Crippen LogP contribution in [0.25, 0.3) is 11.1 Å². The highest BCUT2D eigenvalue weighted by molar-refractivity contribution is 7.14. The summed E-state index contributed by atoms with van der Waals surface area (Å²) in [5, 5.41) is 4.64. The van der Waals surface area contributed by atoms with Crippen LogP contribution in [0.2, 0.25) is 0 Å². The Morgan fingerprint density at radius 1 is 1.03 bits per heavy atom. The molecule has 1 N–H and O–H groups in total. The highest BCUT2D eigenvalue weighted by Crippen LogP contribution is 2.35. The molecular weight excluding hydrogens is 448 g/mol. The third-order valence-corrected chi connectivity index (χ3v) is 6.97. The minimum absolute atomic E-state index is 0.0155. The number of esters is 1. The normalized spacial score (nSPS) is 14.5. The van der Waals surface area contributed by atoms with Crippen LogP contribution in [0.5, 0.6) is 0 Å². The molecule has 1 aliphatic rings. The SMILES string of the molecule is CCOC(=O)C(=O)c1csc(NC(=O)C(CC2CCCC2)c2ccc(-c3ccccc3)cc2)n1. The molecule has 0 spiro atoms. The number of Topliss-reactive ketones (excluding diaryl/α,β-unsaturated/α-hetero) is 1. The van der Waals surface area contributed by atoms with E-state index < -0.39 is 11.8 Å². The van der Waals surface area contributed by atoms with Crippen molar-refractivity contribution in [2.24, 2.45) is 5.92 Å². The maximum absolute atomic E-state index is 13.4. The van der Waals surface area contributed by atoms with Crippen LogP contribution >= 0.6 is 11.3 Å². The maximum atomic E-state index is 13.4. The Balaban J connectivity index is 1.51. The maximum Gasteiger partial charge on any atom is 0.381 e. The third kappa shape index (κ3) is 5.78. The zero-order valence-electron chi connectivity index (χ0n) is 19.2. The van der Waals surface area contributed by atoms with Gasteiger partial charge in [-0.25, -0.2) is 9.78 Å². The van der Waals surface area contributed by atoms with Crippen molar-refractivity contribution in [2.75, 3.05) is 11.9 Å². The van der Waals surface area contributed by atoms with Crippen molar-refractivity contribution < 1.29 is 19.1 Å². The number of thiazole rings is 1. The summed E-state index contributed by atoms with van der Waals surface area (Å²) in [7, 11) is 0. The highest BCUT2D eigenvalue weighted by Gasteiger charge is 2.28. The Labute approximate surface area is 203 Å². The highest BCUT2D eigenvalue weighted by atomic mass is 32.1. The first-order valence-electron chi connectivity index (χ1n) is 11.7. The first-order chi connectivity index (χ1) is 16.5. The molecule has 1 aliphatic carbocycles. The molecular formula is C27H28N2O4S. The number of ether oxygens (including phenoxy) is 1. The predicted molar refractivity (Wildman–Crippen MR) is 133 cm³/mol. The lowest BCUT2D eigenvalue weighted by Crippen LogP contribution is -2.23. The van der Waals surface area contributed by atoms with Gasteiger partial charge in [-0.1, -0.05) is 80.3 Å². The molecule has 2 aromatic carbocycles. The van der Waals surface area contributed by atoms with E-state index in [-0.39, 0.29) is 24.1 Å². The number of hydrogen-bond acceptors (Lipinski definition) is 6. The molecule has 176 valence electrons. The topological polar surface area (TPSA) is 85.4 Å². The Hall–Kier alpha value is -3.32. The van der Waals surface area contributed by atoms with Crippen molar-refractivity contribution >= 4 is 34.1 Å². The number of rotatable bonds is 9. The zero-order valence-corrected chi connectivity index (χ0v) is 20.0. The van der Waals surface area contributed by atoms with E-state index in [4.69, 9.17) is 4.74 Å². The Bertz CT molecular complexity index is 1130. The number of hydrogen-bond donors (Lipinski definition) is 1.